The van der Waals surface area contributed by atoms with Crippen molar-refractivity contribution in [3.8, 4) is 0 Å². The first-order valence-corrected chi connectivity index (χ1v) is 4.30. The summed E-state index contributed by atoms with van der Waals surface area (Å²) in [5.74, 6) is 0. The zero-order valence-electron chi connectivity index (χ0n) is 4.30. The van der Waals surface area contributed by atoms with E-state index in [-0.39, 0.29) is 0 Å². The summed E-state index contributed by atoms with van der Waals surface area (Å²) >= 11 is 0. The van der Waals surface area contributed by atoms with Crippen LogP contribution >= 0.6 is 0 Å². The maximum Gasteiger partial charge on any atom is 0.0991 e. The van der Waals surface area contributed by atoms with Crippen LogP contribution in [0, 0.1) is 5.41 Å². The molecule has 0 saturated heterocycles. The van der Waals surface area contributed by atoms with E-state index in [1.807, 2.05) is 0 Å². The smallest absolute Gasteiger partial charge is 0.0991 e. The van der Waals surface area contributed by atoms with E-state index in [1.54, 1.807) is 6.01 Å². The molecule has 4 heteroatoms. The fraction of sp³-hybridized carbons (Fsp3) is 0.667. The summed E-state index contributed by atoms with van der Waals surface area (Å²) < 4.78 is 13.7. The van der Waals surface area contributed by atoms with Crippen LogP contribution in [0.2, 0.25) is 0 Å². The van der Waals surface area contributed by atoms with Crippen LogP contribution in [-0.4, -0.2) is 22.7 Å². The van der Waals surface area contributed by atoms with Gasteiger partial charge in [0.1, 0.15) is 0 Å². The summed E-state index contributed by atoms with van der Waals surface area (Å²) in [5, 5.41) is 6.27. The lowest BCUT2D eigenvalue weighted by Crippen LogP contribution is -1.98. The molecule has 0 radical (unpaired) electrons. The van der Waals surface area contributed by atoms with Crippen molar-refractivity contribution >= 4 is 16.1 Å². The molecule has 0 fully saturated rings. The van der Waals surface area contributed by atoms with E-state index >= 15 is 0 Å². The van der Waals surface area contributed by atoms with Crippen LogP contribution in [0.1, 0.15) is 0 Å². The van der Waals surface area contributed by atoms with Crippen LogP contribution in [0.4, 0.5) is 0 Å². The van der Waals surface area contributed by atoms with Crippen molar-refractivity contribution in [1.82, 2.24) is 0 Å². The van der Waals surface area contributed by atoms with E-state index in [0.29, 0.717) is 0 Å². The summed E-state index contributed by atoms with van der Waals surface area (Å²) in [7, 11) is -2.34. The molecule has 0 atom stereocenters. The molecule has 0 bridgehead atoms. The molecule has 7 heavy (non-hydrogen) atoms. The molecule has 0 aliphatic rings. The lowest BCUT2D eigenvalue weighted by Gasteiger charge is -1.97. The Morgan fingerprint density at radius 3 is 2.14 bits per heavy atom. The van der Waals surface area contributed by atoms with E-state index in [1.165, 1.54) is 12.5 Å². The Morgan fingerprint density at radius 2 is 2.14 bits per heavy atom. The molecule has 0 aliphatic carbocycles. The fourth-order valence-corrected chi connectivity index (χ4v) is 0.361. The van der Waals surface area contributed by atoms with E-state index in [0.717, 1.165) is 0 Å². The largest absolute Gasteiger partial charge is 0.264 e. The second kappa shape index (κ2) is 2.00. The van der Waals surface area contributed by atoms with Gasteiger partial charge in [0.05, 0.1) is 6.01 Å². The van der Waals surface area contributed by atoms with Gasteiger partial charge in [-0.15, -0.1) is 0 Å². The van der Waals surface area contributed by atoms with Crippen LogP contribution < -0.4 is 0 Å². The fourth-order valence-electron chi connectivity index (χ4n) is 0.120. The molecule has 0 unspecified atom stereocenters. The summed E-state index contributed by atoms with van der Waals surface area (Å²) in [5.41, 5.74) is 0. The number of nitrogens with one attached hydrogen (secondary N) is 1. The van der Waals surface area contributed by atoms with Crippen LogP contribution in [0.5, 0.6) is 0 Å². The number of hydrogen-bond donors (Lipinski definition) is 2. The summed E-state index contributed by atoms with van der Waals surface area (Å²) in [6.07, 6.45) is 2.96. The summed E-state index contributed by atoms with van der Waals surface area (Å²) in [6, 6.07) is 1.72. The van der Waals surface area contributed by atoms with E-state index in [4.69, 9.17) is 5.41 Å². The predicted molar refractivity (Wildman–Crippen MR) is 31.5 cm³/mol. The van der Waals surface area contributed by atoms with Crippen molar-refractivity contribution in [2.75, 3.05) is 12.5 Å². The van der Waals surface area contributed by atoms with Crippen molar-refractivity contribution in [1.29, 1.82) is 5.41 Å². The average molecular weight is 120 g/mol. The Morgan fingerprint density at radius 1 is 1.71 bits per heavy atom. The van der Waals surface area contributed by atoms with Gasteiger partial charge >= 0.3 is 0 Å². The Kier molecular flexibility index (Phi) is 1.87. The van der Waals surface area contributed by atoms with E-state index in [9.17, 15) is 4.21 Å². The number of thiol groups is 1. The van der Waals surface area contributed by atoms with Crippen LogP contribution in [0.25, 0.3) is 0 Å². The van der Waals surface area contributed by atoms with Crippen molar-refractivity contribution in [3.05, 3.63) is 0 Å². The summed E-state index contributed by atoms with van der Waals surface area (Å²) in [4.78, 5) is 0. The molecular formula is C3H8N2OS. The molecule has 0 aromatic carbocycles. The lowest BCUT2D eigenvalue weighted by atomic mass is 11.6. The van der Waals surface area contributed by atoms with Crippen molar-refractivity contribution in [3.63, 3.8) is 0 Å². The SMILES string of the molecule is C[SH](C)(=O)N=C=N. The second-order valence-corrected chi connectivity index (χ2v) is 4.29. The molecule has 42 valence electrons. The molecule has 0 aliphatic heterocycles. The minimum absolute atomic E-state index is 1.48. The van der Waals surface area contributed by atoms with Gasteiger partial charge in [-0.05, 0) is 10.1 Å². The normalized spacial score (nSPS) is 12.3. The lowest BCUT2D eigenvalue weighted by molar-refractivity contribution is 0.680. The minimum Gasteiger partial charge on any atom is -0.264 e. The van der Waals surface area contributed by atoms with Gasteiger partial charge in [-0.2, -0.15) is 4.40 Å². The maximum atomic E-state index is 10.5. The Hall–Kier alpha value is -0.470. The highest BCUT2D eigenvalue weighted by Gasteiger charge is 1.88. The Bertz CT molecular complexity index is 141. The highest BCUT2D eigenvalue weighted by atomic mass is 32.3. The first-order valence-electron chi connectivity index (χ1n) is 1.75. The predicted octanol–water partition coefficient (Wildman–Crippen LogP) is -0.0696. The number of nitrogens with zero attached hydrogens (tertiary/aromatic N) is 1. The van der Waals surface area contributed by atoms with Gasteiger partial charge in [0.15, 0.2) is 0 Å². The molecule has 0 heterocycles. The van der Waals surface area contributed by atoms with Crippen LogP contribution in [-0.2, 0) is 10.1 Å². The number of hydrogen-bond acceptors (Lipinski definition) is 2. The van der Waals surface area contributed by atoms with Gasteiger partial charge in [0.2, 0.25) is 0 Å². The van der Waals surface area contributed by atoms with Gasteiger partial charge in [0.25, 0.3) is 0 Å². The molecule has 0 rings (SSSR count). The molecule has 1 N–H and O–H groups in total. The average Bonchev–Trinajstić information content (AvgIpc) is 1.30. The topological polar surface area (TPSA) is 53.3 Å². The molecule has 0 spiro atoms. The highest BCUT2D eigenvalue weighted by molar-refractivity contribution is 8.00. The molecule has 0 aromatic heterocycles. The standard InChI is InChI=1S/C3H8N2OS/c1-7(2,6)5-3-4/h4,7H,1-2H3. The quantitative estimate of drug-likeness (QED) is 0.369. The van der Waals surface area contributed by atoms with Gasteiger partial charge in [-0.3, -0.25) is 4.21 Å². The number of rotatable bonds is 1. The van der Waals surface area contributed by atoms with Gasteiger partial charge in [-0.1, -0.05) is 0 Å². The zero-order chi connectivity index (χ0) is 5.91. The first kappa shape index (κ1) is 6.53. The van der Waals surface area contributed by atoms with Gasteiger partial charge < -0.3 is 0 Å². The van der Waals surface area contributed by atoms with E-state index in [2.05, 4.69) is 4.40 Å². The maximum absolute atomic E-state index is 10.5. The van der Waals surface area contributed by atoms with Crippen molar-refractivity contribution in [2.24, 2.45) is 4.40 Å². The monoisotopic (exact) mass is 120 g/mol. The molecule has 0 saturated carbocycles. The Labute approximate surface area is 43.5 Å². The third-order valence-corrected chi connectivity index (χ3v) is 0.872. The zero-order valence-corrected chi connectivity index (χ0v) is 5.20. The van der Waals surface area contributed by atoms with Crippen LogP contribution in [0.3, 0.4) is 0 Å². The second-order valence-electron chi connectivity index (χ2n) is 1.51. The van der Waals surface area contributed by atoms with Crippen molar-refractivity contribution < 1.29 is 4.21 Å². The molecular weight excluding hydrogens is 112 g/mol. The van der Waals surface area contributed by atoms with Gasteiger partial charge in [-0.25, -0.2) is 5.41 Å². The Balaban J connectivity index is 4.10. The van der Waals surface area contributed by atoms with Crippen molar-refractivity contribution in [2.45, 2.75) is 0 Å². The van der Waals surface area contributed by atoms with E-state index < -0.39 is 10.1 Å². The molecule has 0 amide bonds. The molecule has 3 nitrogen and oxygen atoms in total. The summed E-state index contributed by atoms with van der Waals surface area (Å²) in [6.45, 7) is 0. The molecule has 0 aromatic rings. The third-order valence-electron chi connectivity index (χ3n) is 0.291. The first-order chi connectivity index (χ1) is 3.06. The van der Waals surface area contributed by atoms with Gasteiger partial charge in [0, 0.05) is 12.5 Å². The minimum atomic E-state index is -2.34. The third kappa shape index (κ3) is 5.53. The van der Waals surface area contributed by atoms with Crippen LogP contribution in [0.15, 0.2) is 4.40 Å². The highest BCUT2D eigenvalue weighted by Crippen LogP contribution is 1.88.